The second-order valence-corrected chi connectivity index (χ2v) is 11.4. The molecule has 1 unspecified atom stereocenters. The molecule has 174 valence electrons. The van der Waals surface area contributed by atoms with Gasteiger partial charge in [-0.2, -0.15) is 0 Å². The number of carbonyl (C=O) groups is 1. The summed E-state index contributed by atoms with van der Waals surface area (Å²) in [4.78, 5) is 25.9. The normalized spacial score (nSPS) is 15.2. The molecule has 8 heteroatoms. The molecule has 2 rings (SSSR count). The van der Waals surface area contributed by atoms with E-state index < -0.39 is 32.0 Å². The molecule has 0 saturated heterocycles. The Hall–Kier alpha value is -2.34. The van der Waals surface area contributed by atoms with Gasteiger partial charge in [0.15, 0.2) is 0 Å². The van der Waals surface area contributed by atoms with Crippen molar-refractivity contribution < 1.29 is 28.9 Å². The number of aliphatic hydroxyl groups is 1. The molecule has 0 bridgehead atoms. The number of nitrogens with zero attached hydrogens (tertiary/aromatic N) is 1. The van der Waals surface area contributed by atoms with Gasteiger partial charge < -0.3 is 15.1 Å². The molecule has 0 fully saturated rings. The van der Waals surface area contributed by atoms with E-state index in [2.05, 4.69) is 0 Å². The van der Waals surface area contributed by atoms with Crippen LogP contribution in [0.1, 0.15) is 63.9 Å². The highest BCUT2D eigenvalue weighted by atomic mass is 31.2. The van der Waals surface area contributed by atoms with Gasteiger partial charge >= 0.3 is 5.97 Å². The van der Waals surface area contributed by atoms with Gasteiger partial charge in [-0.15, -0.1) is 0 Å². The van der Waals surface area contributed by atoms with E-state index in [0.29, 0.717) is 5.56 Å². The zero-order valence-electron chi connectivity index (χ0n) is 19.0. The van der Waals surface area contributed by atoms with Gasteiger partial charge in [-0.3, -0.25) is 14.3 Å². The van der Waals surface area contributed by atoms with Crippen molar-refractivity contribution in [1.29, 1.82) is 0 Å². The summed E-state index contributed by atoms with van der Waals surface area (Å²) in [6, 6.07) is 7.91. The van der Waals surface area contributed by atoms with Crippen LogP contribution < -0.4 is 0 Å². The van der Waals surface area contributed by atoms with Crippen LogP contribution in [0.15, 0.2) is 36.1 Å². The number of carboxylic acids is 1. The maximum Gasteiger partial charge on any atom is 0.305 e. The summed E-state index contributed by atoms with van der Waals surface area (Å²) in [5.41, 5.74) is 3.41. The largest absolute Gasteiger partial charge is 0.481 e. The first-order valence-corrected chi connectivity index (χ1v) is 12.3. The fraction of sp³-hybridized carbons (Fsp3) is 0.417. The Morgan fingerprint density at radius 3 is 2.31 bits per heavy atom. The second kappa shape index (κ2) is 10.1. The molecule has 0 amide bonds. The Kier molecular flexibility index (Phi) is 8.16. The number of pyridine rings is 1. The fourth-order valence-electron chi connectivity index (χ4n) is 3.26. The summed E-state index contributed by atoms with van der Waals surface area (Å²) < 4.78 is 26.2. The van der Waals surface area contributed by atoms with E-state index in [4.69, 9.17) is 10.1 Å². The lowest BCUT2D eigenvalue weighted by Gasteiger charge is -2.23. The SMILES string of the molecule is CC(C)c1nc(C(C)(C)C)cc(-c2ccc(F)cc2)c1/C=C/P(=O)(O)C[C@H](O)CC(=O)O. The number of aliphatic carboxylic acids is 1. The molecule has 3 N–H and O–H groups in total. The lowest BCUT2D eigenvalue weighted by molar-refractivity contribution is -0.138. The molecule has 1 aromatic heterocycles. The third-order valence-electron chi connectivity index (χ3n) is 4.92. The molecule has 1 heterocycles. The van der Waals surface area contributed by atoms with E-state index in [1.807, 2.05) is 40.7 Å². The van der Waals surface area contributed by atoms with Gasteiger partial charge in [-0.1, -0.05) is 46.8 Å². The van der Waals surface area contributed by atoms with Crippen molar-refractivity contribution in [3.05, 3.63) is 58.9 Å². The summed E-state index contributed by atoms with van der Waals surface area (Å²) >= 11 is 0. The number of halogens is 1. The first-order chi connectivity index (χ1) is 14.7. The van der Waals surface area contributed by atoms with Crippen molar-refractivity contribution in [2.75, 3.05) is 6.16 Å². The number of aromatic nitrogens is 1. The number of rotatable bonds is 8. The van der Waals surface area contributed by atoms with Gasteiger partial charge in [-0.25, -0.2) is 4.39 Å². The first-order valence-electron chi connectivity index (χ1n) is 10.4. The molecule has 32 heavy (non-hydrogen) atoms. The van der Waals surface area contributed by atoms with Gasteiger partial charge in [0.05, 0.1) is 24.4 Å². The average Bonchev–Trinajstić information content (AvgIpc) is 2.64. The quantitative estimate of drug-likeness (QED) is 0.454. The van der Waals surface area contributed by atoms with Gasteiger partial charge in [0.25, 0.3) is 0 Å². The number of aliphatic hydroxyl groups excluding tert-OH is 1. The standard InChI is InChI=1S/C24H31FNO5P/c1-15(2)23-19(10-11-32(30,31)14-18(27)12-22(28)29)20(13-21(26-23)24(3,4)5)16-6-8-17(25)9-7-16/h6-11,13,15,18,27H,12,14H2,1-5H3,(H,28,29)(H,30,31)/b11-10+/t18-/m1/s1. The third-order valence-corrected chi connectivity index (χ3v) is 6.47. The van der Waals surface area contributed by atoms with E-state index in [1.54, 1.807) is 12.1 Å². The van der Waals surface area contributed by atoms with Gasteiger partial charge in [0.1, 0.15) is 5.82 Å². The lowest BCUT2D eigenvalue weighted by Crippen LogP contribution is -2.17. The first kappa shape index (κ1) is 25.9. The number of carboxylic acid groups (broad SMARTS) is 1. The Morgan fingerprint density at radius 1 is 1.22 bits per heavy atom. The monoisotopic (exact) mass is 463 g/mol. The Labute approximate surface area is 188 Å². The molecule has 0 radical (unpaired) electrons. The molecular formula is C24H31FNO5P. The number of benzene rings is 1. The molecule has 2 atom stereocenters. The minimum atomic E-state index is -3.97. The Morgan fingerprint density at radius 2 is 1.81 bits per heavy atom. The van der Waals surface area contributed by atoms with Crippen LogP contribution in [-0.4, -0.2) is 38.3 Å². The van der Waals surface area contributed by atoms with Crippen LogP contribution in [0, 0.1) is 5.82 Å². The summed E-state index contributed by atoms with van der Waals surface area (Å²) in [5.74, 6) is -0.506. The number of hydrogen-bond donors (Lipinski definition) is 3. The molecule has 2 aromatic rings. The Balaban J connectivity index is 2.63. The van der Waals surface area contributed by atoms with Crippen molar-refractivity contribution in [3.63, 3.8) is 0 Å². The maximum atomic E-state index is 13.5. The minimum absolute atomic E-state index is 0.00757. The van der Waals surface area contributed by atoms with Gasteiger partial charge in [0, 0.05) is 22.5 Å². The van der Waals surface area contributed by atoms with Crippen LogP contribution in [0.4, 0.5) is 4.39 Å². The Bertz CT molecular complexity index is 1040. The summed E-state index contributed by atoms with van der Waals surface area (Å²) in [5, 5.41) is 18.6. The molecule has 0 aliphatic heterocycles. The highest BCUT2D eigenvalue weighted by Crippen LogP contribution is 2.45. The topological polar surface area (TPSA) is 108 Å². The van der Waals surface area contributed by atoms with Crippen LogP contribution in [0.25, 0.3) is 17.2 Å². The van der Waals surface area contributed by atoms with Crippen molar-refractivity contribution >= 4 is 19.4 Å². The predicted octanol–water partition coefficient (Wildman–Crippen LogP) is 5.39. The summed E-state index contributed by atoms with van der Waals surface area (Å²) in [7, 11) is -3.97. The van der Waals surface area contributed by atoms with E-state index in [-0.39, 0.29) is 17.2 Å². The molecule has 0 spiro atoms. The highest BCUT2D eigenvalue weighted by molar-refractivity contribution is 7.61. The number of hydrogen-bond acceptors (Lipinski definition) is 4. The second-order valence-electron chi connectivity index (χ2n) is 9.27. The molecule has 1 aromatic carbocycles. The van der Waals surface area contributed by atoms with E-state index >= 15 is 0 Å². The van der Waals surface area contributed by atoms with Crippen LogP contribution in [0.3, 0.4) is 0 Å². The summed E-state index contributed by atoms with van der Waals surface area (Å²) in [6.07, 6.45) is -1.11. The molecular weight excluding hydrogens is 432 g/mol. The van der Waals surface area contributed by atoms with Crippen LogP contribution in [0.5, 0.6) is 0 Å². The van der Waals surface area contributed by atoms with Crippen molar-refractivity contribution in [2.45, 2.75) is 58.5 Å². The average molecular weight is 463 g/mol. The van der Waals surface area contributed by atoms with Gasteiger partial charge in [-0.05, 0) is 41.3 Å². The zero-order valence-corrected chi connectivity index (χ0v) is 19.9. The van der Waals surface area contributed by atoms with E-state index in [1.165, 1.54) is 18.2 Å². The minimum Gasteiger partial charge on any atom is -0.481 e. The summed E-state index contributed by atoms with van der Waals surface area (Å²) in [6.45, 7) is 10.0. The molecule has 0 saturated carbocycles. The van der Waals surface area contributed by atoms with E-state index in [9.17, 15) is 23.7 Å². The van der Waals surface area contributed by atoms with Crippen LogP contribution in [-0.2, 0) is 14.8 Å². The van der Waals surface area contributed by atoms with Crippen LogP contribution in [0.2, 0.25) is 0 Å². The van der Waals surface area contributed by atoms with E-state index in [0.717, 1.165) is 28.3 Å². The maximum absolute atomic E-state index is 13.5. The third kappa shape index (κ3) is 7.09. The van der Waals surface area contributed by atoms with Crippen molar-refractivity contribution in [2.24, 2.45) is 0 Å². The zero-order chi connectivity index (χ0) is 24.3. The molecule has 0 aliphatic carbocycles. The molecule has 0 aliphatic rings. The van der Waals surface area contributed by atoms with Crippen LogP contribution >= 0.6 is 7.37 Å². The fourth-order valence-corrected chi connectivity index (χ4v) is 4.50. The van der Waals surface area contributed by atoms with Crippen molar-refractivity contribution in [3.8, 4) is 11.1 Å². The van der Waals surface area contributed by atoms with Crippen molar-refractivity contribution in [1.82, 2.24) is 4.98 Å². The van der Waals surface area contributed by atoms with Gasteiger partial charge in [0.2, 0.25) is 7.37 Å². The predicted molar refractivity (Wildman–Crippen MR) is 124 cm³/mol. The highest BCUT2D eigenvalue weighted by Gasteiger charge is 2.24. The lowest BCUT2D eigenvalue weighted by atomic mass is 9.86. The molecule has 6 nitrogen and oxygen atoms in total. The smallest absolute Gasteiger partial charge is 0.305 e.